The average molecular weight is 241 g/mol. The summed E-state index contributed by atoms with van der Waals surface area (Å²) in [7, 11) is 0. The maximum atomic E-state index is 10.9. The average Bonchev–Trinajstić information content (AvgIpc) is 2.11. The smallest absolute Gasteiger partial charge is 0.335 e. The lowest BCUT2D eigenvalue weighted by molar-refractivity contribution is -0.129. The second kappa shape index (κ2) is 4.23. The molecule has 0 atom stereocenters. The molecule has 1 aromatic rings. The fraction of sp³-hybridized carbons (Fsp3) is 0.100. The summed E-state index contributed by atoms with van der Waals surface area (Å²) in [6.07, 6.45) is 1.14. The zero-order valence-electron chi connectivity index (χ0n) is 7.21. The van der Waals surface area contributed by atoms with Crippen LogP contribution < -0.4 is 4.74 Å². The summed E-state index contributed by atoms with van der Waals surface area (Å²) >= 11 is 3.29. The van der Waals surface area contributed by atoms with Crippen molar-refractivity contribution in [1.29, 1.82) is 0 Å². The Hall–Kier alpha value is -1.09. The van der Waals surface area contributed by atoms with Crippen molar-refractivity contribution in [2.75, 3.05) is 0 Å². The normalized spacial score (nSPS) is 9.38. The minimum atomic E-state index is -0.449. The van der Waals surface area contributed by atoms with Gasteiger partial charge in [0.05, 0.1) is 4.47 Å². The van der Waals surface area contributed by atoms with Crippen molar-refractivity contribution in [3.8, 4) is 5.75 Å². The van der Waals surface area contributed by atoms with Crippen LogP contribution in [0.4, 0.5) is 0 Å². The Morgan fingerprint density at radius 2 is 2.31 bits per heavy atom. The molecule has 0 saturated carbocycles. The molecule has 1 rings (SSSR count). The molecule has 0 heterocycles. The molecule has 1 aromatic carbocycles. The number of esters is 1. The first-order valence-corrected chi connectivity index (χ1v) is 4.54. The summed E-state index contributed by atoms with van der Waals surface area (Å²) < 4.78 is 5.79. The Morgan fingerprint density at radius 3 is 2.85 bits per heavy atom. The van der Waals surface area contributed by atoms with Gasteiger partial charge in [0.15, 0.2) is 0 Å². The topological polar surface area (TPSA) is 26.3 Å². The first-order valence-electron chi connectivity index (χ1n) is 3.74. The van der Waals surface area contributed by atoms with E-state index in [4.69, 9.17) is 4.74 Å². The predicted molar refractivity (Wildman–Crippen MR) is 54.7 cm³/mol. The molecule has 0 fully saturated rings. The van der Waals surface area contributed by atoms with Crippen LogP contribution in [0.3, 0.4) is 0 Å². The number of aryl methyl sites for hydroxylation is 1. The Kier molecular flexibility index (Phi) is 3.25. The summed E-state index contributed by atoms with van der Waals surface area (Å²) in [6, 6.07) is 5.57. The standard InChI is InChI=1S/C10H9BrO2/c1-3-9(12)13-10-7(2)5-4-6-8(10)11/h3-6H,1H2,2H3. The van der Waals surface area contributed by atoms with E-state index in [1.54, 1.807) is 0 Å². The molecule has 0 amide bonds. The van der Waals surface area contributed by atoms with E-state index < -0.39 is 5.97 Å². The first kappa shape index (κ1) is 9.99. The van der Waals surface area contributed by atoms with Gasteiger partial charge in [-0.2, -0.15) is 0 Å². The van der Waals surface area contributed by atoms with Crippen molar-refractivity contribution >= 4 is 21.9 Å². The van der Waals surface area contributed by atoms with Gasteiger partial charge in [0.25, 0.3) is 0 Å². The first-order chi connectivity index (χ1) is 6.15. The van der Waals surface area contributed by atoms with E-state index in [1.807, 2.05) is 25.1 Å². The number of para-hydroxylation sites is 1. The van der Waals surface area contributed by atoms with Crippen LogP contribution >= 0.6 is 15.9 Å². The number of benzene rings is 1. The van der Waals surface area contributed by atoms with Gasteiger partial charge in [-0.05, 0) is 34.5 Å². The van der Waals surface area contributed by atoms with E-state index in [0.29, 0.717) is 5.75 Å². The summed E-state index contributed by atoms with van der Waals surface area (Å²) in [5.74, 6) is 0.0994. The number of halogens is 1. The number of hydrogen-bond donors (Lipinski definition) is 0. The fourth-order valence-electron chi connectivity index (χ4n) is 0.888. The maximum Gasteiger partial charge on any atom is 0.335 e. The molecule has 0 aliphatic heterocycles. The molecule has 0 spiro atoms. The van der Waals surface area contributed by atoms with E-state index in [2.05, 4.69) is 22.5 Å². The molecule has 0 unspecified atom stereocenters. The minimum Gasteiger partial charge on any atom is -0.422 e. The molecule has 3 heteroatoms. The largest absolute Gasteiger partial charge is 0.422 e. The highest BCUT2D eigenvalue weighted by Crippen LogP contribution is 2.28. The Labute approximate surface area is 85.3 Å². The minimum absolute atomic E-state index is 0.449. The van der Waals surface area contributed by atoms with Crippen LogP contribution in [-0.4, -0.2) is 5.97 Å². The molecule has 0 bridgehead atoms. The van der Waals surface area contributed by atoms with Gasteiger partial charge in [-0.25, -0.2) is 4.79 Å². The van der Waals surface area contributed by atoms with Crippen molar-refractivity contribution in [1.82, 2.24) is 0 Å². The van der Waals surface area contributed by atoms with Gasteiger partial charge in [0, 0.05) is 6.08 Å². The number of rotatable bonds is 2. The van der Waals surface area contributed by atoms with Gasteiger partial charge in [0.1, 0.15) is 5.75 Å². The highest BCUT2D eigenvalue weighted by atomic mass is 79.9. The van der Waals surface area contributed by atoms with E-state index in [-0.39, 0.29) is 0 Å². The highest BCUT2D eigenvalue weighted by molar-refractivity contribution is 9.10. The Balaban J connectivity index is 2.99. The molecule has 0 aromatic heterocycles. The van der Waals surface area contributed by atoms with Crippen LogP contribution in [0.5, 0.6) is 5.75 Å². The third-order valence-corrected chi connectivity index (χ3v) is 2.16. The molecule has 0 aliphatic carbocycles. The van der Waals surface area contributed by atoms with Crippen LogP contribution in [0, 0.1) is 6.92 Å². The SMILES string of the molecule is C=CC(=O)Oc1c(C)cccc1Br. The lowest BCUT2D eigenvalue weighted by atomic mass is 10.2. The van der Waals surface area contributed by atoms with Crippen molar-refractivity contribution in [3.63, 3.8) is 0 Å². The third kappa shape index (κ3) is 2.42. The second-order valence-corrected chi connectivity index (χ2v) is 3.37. The van der Waals surface area contributed by atoms with Crippen LogP contribution in [0.25, 0.3) is 0 Å². The number of ether oxygens (including phenoxy) is 1. The highest BCUT2D eigenvalue weighted by Gasteiger charge is 2.06. The monoisotopic (exact) mass is 240 g/mol. The van der Waals surface area contributed by atoms with Crippen molar-refractivity contribution in [2.24, 2.45) is 0 Å². The number of carbonyl (C=O) groups is 1. The van der Waals surface area contributed by atoms with Crippen LogP contribution in [0.2, 0.25) is 0 Å². The third-order valence-electron chi connectivity index (χ3n) is 1.53. The quantitative estimate of drug-likeness (QED) is 0.452. The lowest BCUT2D eigenvalue weighted by Crippen LogP contribution is -2.04. The molecule has 0 saturated heterocycles. The molecule has 0 N–H and O–H groups in total. The van der Waals surface area contributed by atoms with Crippen molar-refractivity contribution < 1.29 is 9.53 Å². The Morgan fingerprint density at radius 1 is 1.62 bits per heavy atom. The zero-order valence-corrected chi connectivity index (χ0v) is 8.80. The summed E-state index contributed by atoms with van der Waals surface area (Å²) in [5.41, 5.74) is 0.907. The van der Waals surface area contributed by atoms with Gasteiger partial charge < -0.3 is 4.74 Å². The van der Waals surface area contributed by atoms with Crippen LogP contribution in [-0.2, 0) is 4.79 Å². The van der Waals surface area contributed by atoms with Crippen LogP contribution in [0.1, 0.15) is 5.56 Å². The van der Waals surface area contributed by atoms with Gasteiger partial charge in [-0.15, -0.1) is 0 Å². The van der Waals surface area contributed by atoms with Gasteiger partial charge in [0.2, 0.25) is 0 Å². The Bertz CT molecular complexity index is 325. The summed E-state index contributed by atoms with van der Waals surface area (Å²) in [5, 5.41) is 0. The van der Waals surface area contributed by atoms with E-state index in [0.717, 1.165) is 16.1 Å². The number of hydrogen-bond acceptors (Lipinski definition) is 2. The summed E-state index contributed by atoms with van der Waals surface area (Å²) in [6.45, 7) is 5.20. The van der Waals surface area contributed by atoms with Gasteiger partial charge in [-0.3, -0.25) is 0 Å². The molecule has 2 nitrogen and oxygen atoms in total. The van der Waals surface area contributed by atoms with E-state index in [1.165, 1.54) is 0 Å². The zero-order chi connectivity index (χ0) is 9.84. The molecule has 0 aliphatic rings. The van der Waals surface area contributed by atoms with Crippen molar-refractivity contribution in [2.45, 2.75) is 6.92 Å². The molecular formula is C10H9BrO2. The van der Waals surface area contributed by atoms with Crippen LogP contribution in [0.15, 0.2) is 35.3 Å². The molecule has 0 radical (unpaired) electrons. The van der Waals surface area contributed by atoms with E-state index >= 15 is 0 Å². The molecule has 68 valence electrons. The maximum absolute atomic E-state index is 10.9. The summed E-state index contributed by atoms with van der Waals surface area (Å²) in [4.78, 5) is 10.9. The van der Waals surface area contributed by atoms with Crippen molar-refractivity contribution in [3.05, 3.63) is 40.9 Å². The van der Waals surface area contributed by atoms with E-state index in [9.17, 15) is 4.79 Å². The predicted octanol–water partition coefficient (Wildman–Crippen LogP) is 2.85. The van der Waals surface area contributed by atoms with Gasteiger partial charge >= 0.3 is 5.97 Å². The lowest BCUT2D eigenvalue weighted by Gasteiger charge is -2.06. The molecular weight excluding hydrogens is 232 g/mol. The molecule has 13 heavy (non-hydrogen) atoms. The number of carbonyl (C=O) groups excluding carboxylic acids is 1. The van der Waals surface area contributed by atoms with Gasteiger partial charge in [-0.1, -0.05) is 18.7 Å². The second-order valence-electron chi connectivity index (χ2n) is 2.51. The fourth-order valence-corrected chi connectivity index (χ4v) is 1.43.